The van der Waals surface area contributed by atoms with Gasteiger partial charge >= 0.3 is 0 Å². The first-order valence-electron chi connectivity index (χ1n) is 5.29. The summed E-state index contributed by atoms with van der Waals surface area (Å²) in [4.78, 5) is 0. The van der Waals surface area contributed by atoms with E-state index in [0.717, 1.165) is 36.8 Å². The predicted octanol–water partition coefficient (Wildman–Crippen LogP) is 2.72. The molecule has 0 aromatic heterocycles. The quantitative estimate of drug-likeness (QED) is 0.729. The summed E-state index contributed by atoms with van der Waals surface area (Å²) < 4.78 is 13.2. The summed E-state index contributed by atoms with van der Waals surface area (Å²) >= 11 is 0. The third kappa shape index (κ3) is 1.55. The molecule has 1 aliphatic carbocycles. The summed E-state index contributed by atoms with van der Waals surface area (Å²) in [6.45, 7) is 2.05. The van der Waals surface area contributed by atoms with Crippen molar-refractivity contribution in [3.05, 3.63) is 34.6 Å². The van der Waals surface area contributed by atoms with Crippen molar-refractivity contribution in [2.75, 3.05) is 0 Å². The minimum absolute atomic E-state index is 0.116. The van der Waals surface area contributed by atoms with Crippen LogP contribution in [0, 0.1) is 5.82 Å². The predicted molar refractivity (Wildman–Crippen MR) is 55.6 cm³/mol. The molecular formula is C12H16FN. The van der Waals surface area contributed by atoms with Crippen molar-refractivity contribution in [3.63, 3.8) is 0 Å². The van der Waals surface area contributed by atoms with Gasteiger partial charge in [-0.25, -0.2) is 4.39 Å². The molecule has 0 radical (unpaired) electrons. The van der Waals surface area contributed by atoms with E-state index in [1.54, 1.807) is 12.1 Å². The number of benzene rings is 1. The Kier molecular flexibility index (Phi) is 2.55. The number of nitrogens with two attached hydrogens (primary N) is 1. The van der Waals surface area contributed by atoms with E-state index in [1.807, 2.05) is 0 Å². The van der Waals surface area contributed by atoms with E-state index >= 15 is 0 Å². The van der Waals surface area contributed by atoms with Crippen LogP contribution in [0.25, 0.3) is 0 Å². The van der Waals surface area contributed by atoms with Crippen molar-refractivity contribution in [1.82, 2.24) is 0 Å². The highest BCUT2D eigenvalue weighted by Crippen LogP contribution is 2.31. The van der Waals surface area contributed by atoms with Crippen LogP contribution >= 0.6 is 0 Å². The van der Waals surface area contributed by atoms with Gasteiger partial charge in [0, 0.05) is 6.04 Å². The average molecular weight is 193 g/mol. The molecule has 2 heteroatoms. The molecule has 1 aromatic rings. The van der Waals surface area contributed by atoms with E-state index in [9.17, 15) is 4.39 Å². The van der Waals surface area contributed by atoms with Gasteiger partial charge in [0.25, 0.3) is 0 Å². The van der Waals surface area contributed by atoms with Crippen molar-refractivity contribution in [1.29, 1.82) is 0 Å². The van der Waals surface area contributed by atoms with Gasteiger partial charge in [-0.3, -0.25) is 0 Å². The Balaban J connectivity index is 2.55. The number of fused-ring (bicyclic) bond motifs is 1. The second-order valence-electron chi connectivity index (χ2n) is 3.99. The fourth-order valence-electron chi connectivity index (χ4n) is 2.37. The maximum atomic E-state index is 13.2. The van der Waals surface area contributed by atoms with E-state index in [4.69, 9.17) is 5.73 Å². The lowest BCUT2D eigenvalue weighted by atomic mass is 9.84. The number of halogens is 1. The van der Waals surface area contributed by atoms with E-state index in [-0.39, 0.29) is 11.9 Å². The molecule has 0 aliphatic heterocycles. The Hall–Kier alpha value is -0.890. The van der Waals surface area contributed by atoms with Gasteiger partial charge in [0.1, 0.15) is 5.82 Å². The molecule has 14 heavy (non-hydrogen) atoms. The molecule has 0 fully saturated rings. The minimum Gasteiger partial charge on any atom is -0.324 e. The van der Waals surface area contributed by atoms with E-state index < -0.39 is 0 Å². The summed E-state index contributed by atoms with van der Waals surface area (Å²) in [6.07, 6.45) is 3.97. The van der Waals surface area contributed by atoms with E-state index in [2.05, 4.69) is 6.92 Å². The average Bonchev–Trinajstić information content (AvgIpc) is 2.16. The SMILES string of the molecule is CCc1cc(F)cc2c1C(N)CCC2. The normalized spacial score (nSPS) is 20.6. The first kappa shape index (κ1) is 9.66. The molecule has 0 amide bonds. The van der Waals surface area contributed by atoms with Crippen LogP contribution in [0.15, 0.2) is 12.1 Å². The Morgan fingerprint density at radius 2 is 2.29 bits per heavy atom. The number of hydrogen-bond donors (Lipinski definition) is 1. The summed E-state index contributed by atoms with van der Waals surface area (Å²) in [5.74, 6) is -0.116. The van der Waals surface area contributed by atoms with Crippen LogP contribution in [-0.2, 0) is 12.8 Å². The fourth-order valence-corrected chi connectivity index (χ4v) is 2.37. The van der Waals surface area contributed by atoms with Crippen molar-refractivity contribution in [2.24, 2.45) is 5.73 Å². The van der Waals surface area contributed by atoms with Gasteiger partial charge in [-0.05, 0) is 54.5 Å². The van der Waals surface area contributed by atoms with Crippen LogP contribution in [0.1, 0.15) is 42.5 Å². The molecule has 0 spiro atoms. The van der Waals surface area contributed by atoms with Gasteiger partial charge in [-0.15, -0.1) is 0 Å². The minimum atomic E-state index is -0.116. The Morgan fingerprint density at radius 3 is 3.00 bits per heavy atom. The Bertz CT molecular complexity index is 329. The molecule has 1 atom stereocenters. The van der Waals surface area contributed by atoms with Gasteiger partial charge in [0.15, 0.2) is 0 Å². The summed E-state index contributed by atoms with van der Waals surface area (Å²) in [5.41, 5.74) is 9.47. The third-order valence-corrected chi connectivity index (χ3v) is 3.03. The van der Waals surface area contributed by atoms with Gasteiger partial charge in [-0.2, -0.15) is 0 Å². The van der Waals surface area contributed by atoms with Crippen LogP contribution in [0.4, 0.5) is 4.39 Å². The molecule has 0 saturated heterocycles. The molecule has 1 nitrogen and oxygen atoms in total. The van der Waals surface area contributed by atoms with E-state index in [1.165, 1.54) is 5.56 Å². The van der Waals surface area contributed by atoms with E-state index in [0.29, 0.717) is 0 Å². The zero-order chi connectivity index (χ0) is 10.1. The largest absolute Gasteiger partial charge is 0.324 e. The van der Waals surface area contributed by atoms with Gasteiger partial charge in [-0.1, -0.05) is 6.92 Å². The molecule has 2 rings (SSSR count). The van der Waals surface area contributed by atoms with Crippen molar-refractivity contribution in [2.45, 2.75) is 38.6 Å². The van der Waals surface area contributed by atoms with Crippen molar-refractivity contribution < 1.29 is 4.39 Å². The van der Waals surface area contributed by atoms with Gasteiger partial charge < -0.3 is 5.73 Å². The molecule has 0 bridgehead atoms. The molecule has 0 heterocycles. The molecular weight excluding hydrogens is 177 g/mol. The number of aryl methyl sites for hydroxylation is 2. The van der Waals surface area contributed by atoms with Crippen LogP contribution in [0.2, 0.25) is 0 Å². The monoisotopic (exact) mass is 193 g/mol. The Morgan fingerprint density at radius 1 is 1.50 bits per heavy atom. The lowest BCUT2D eigenvalue weighted by Crippen LogP contribution is -2.19. The zero-order valence-electron chi connectivity index (χ0n) is 8.52. The zero-order valence-corrected chi connectivity index (χ0v) is 8.52. The van der Waals surface area contributed by atoms with Crippen LogP contribution in [-0.4, -0.2) is 0 Å². The van der Waals surface area contributed by atoms with Crippen LogP contribution in [0.3, 0.4) is 0 Å². The third-order valence-electron chi connectivity index (χ3n) is 3.03. The second-order valence-corrected chi connectivity index (χ2v) is 3.99. The highest BCUT2D eigenvalue weighted by Gasteiger charge is 2.20. The first-order valence-corrected chi connectivity index (χ1v) is 5.29. The molecule has 0 saturated carbocycles. The molecule has 76 valence electrons. The molecule has 1 unspecified atom stereocenters. The Labute approximate surface area is 84.1 Å². The maximum Gasteiger partial charge on any atom is 0.123 e. The maximum absolute atomic E-state index is 13.2. The van der Waals surface area contributed by atoms with Gasteiger partial charge in [0.2, 0.25) is 0 Å². The smallest absolute Gasteiger partial charge is 0.123 e. The van der Waals surface area contributed by atoms with Gasteiger partial charge in [0.05, 0.1) is 0 Å². The topological polar surface area (TPSA) is 26.0 Å². The summed E-state index contributed by atoms with van der Waals surface area (Å²) in [5, 5.41) is 0. The number of rotatable bonds is 1. The van der Waals surface area contributed by atoms with Crippen molar-refractivity contribution in [3.8, 4) is 0 Å². The highest BCUT2D eigenvalue weighted by molar-refractivity contribution is 5.39. The molecule has 2 N–H and O–H groups in total. The summed E-state index contributed by atoms with van der Waals surface area (Å²) in [6, 6.07) is 3.40. The molecule has 1 aromatic carbocycles. The molecule has 1 aliphatic rings. The number of hydrogen-bond acceptors (Lipinski definition) is 1. The highest BCUT2D eigenvalue weighted by atomic mass is 19.1. The fraction of sp³-hybridized carbons (Fsp3) is 0.500. The van der Waals surface area contributed by atoms with Crippen LogP contribution < -0.4 is 5.73 Å². The van der Waals surface area contributed by atoms with Crippen molar-refractivity contribution >= 4 is 0 Å². The standard InChI is InChI=1S/C12H16FN/c1-2-8-6-10(13)7-9-4-3-5-11(14)12(8)9/h6-7,11H,2-5,14H2,1H3. The van der Waals surface area contributed by atoms with Crippen LogP contribution in [0.5, 0.6) is 0 Å². The summed E-state index contributed by atoms with van der Waals surface area (Å²) in [7, 11) is 0. The lowest BCUT2D eigenvalue weighted by molar-refractivity contribution is 0.553. The second kappa shape index (κ2) is 3.70. The lowest BCUT2D eigenvalue weighted by Gasteiger charge is -2.25. The first-order chi connectivity index (χ1) is 6.72.